The van der Waals surface area contributed by atoms with Crippen LogP contribution in [-0.4, -0.2) is 25.8 Å². The first-order valence-corrected chi connectivity index (χ1v) is 8.24. The lowest BCUT2D eigenvalue weighted by molar-refractivity contribution is 0.380. The van der Waals surface area contributed by atoms with Gasteiger partial charge in [-0.3, -0.25) is 0 Å². The van der Waals surface area contributed by atoms with Crippen molar-refractivity contribution in [2.45, 2.75) is 32.2 Å². The molecule has 0 atom stereocenters. The molecule has 20 heavy (non-hydrogen) atoms. The van der Waals surface area contributed by atoms with Crippen LogP contribution in [-0.2, 0) is 16.6 Å². The summed E-state index contributed by atoms with van der Waals surface area (Å²) in [4.78, 5) is -0.109. The van der Waals surface area contributed by atoms with Crippen LogP contribution in [0, 0.1) is 11.7 Å². The highest BCUT2D eigenvalue weighted by Crippen LogP contribution is 2.26. The fraction of sp³-hybridized carbons (Fsp3) is 0.538. The minimum absolute atomic E-state index is 0.0184. The van der Waals surface area contributed by atoms with Crippen molar-refractivity contribution >= 4 is 21.6 Å². The molecule has 1 aromatic rings. The molecule has 2 N–H and O–H groups in total. The Morgan fingerprint density at radius 2 is 2.00 bits per heavy atom. The summed E-state index contributed by atoms with van der Waals surface area (Å²) < 4.78 is 40.0. The van der Waals surface area contributed by atoms with Gasteiger partial charge in [-0.2, -0.15) is 4.31 Å². The van der Waals surface area contributed by atoms with Crippen molar-refractivity contribution in [3.63, 3.8) is 0 Å². The van der Waals surface area contributed by atoms with Gasteiger partial charge in [-0.25, -0.2) is 12.8 Å². The second-order valence-corrected chi connectivity index (χ2v) is 7.25. The lowest BCUT2D eigenvalue weighted by Crippen LogP contribution is -2.34. The van der Waals surface area contributed by atoms with Crippen molar-refractivity contribution < 1.29 is 12.8 Å². The maximum absolute atomic E-state index is 13.7. The number of halogens is 2. The van der Waals surface area contributed by atoms with Gasteiger partial charge in [0, 0.05) is 19.6 Å². The Balaban J connectivity index is 3.31. The Bertz CT molecular complexity index is 576. The van der Waals surface area contributed by atoms with E-state index in [-0.39, 0.29) is 27.9 Å². The van der Waals surface area contributed by atoms with Crippen molar-refractivity contribution in [3.05, 3.63) is 28.5 Å². The molecule has 1 rings (SSSR count). The van der Waals surface area contributed by atoms with E-state index in [0.29, 0.717) is 13.1 Å². The molecule has 0 aromatic heterocycles. The van der Waals surface area contributed by atoms with Gasteiger partial charge in [0.05, 0.1) is 9.92 Å². The van der Waals surface area contributed by atoms with Gasteiger partial charge in [-0.15, -0.1) is 0 Å². The monoisotopic (exact) mass is 322 g/mol. The largest absolute Gasteiger partial charge is 0.326 e. The summed E-state index contributed by atoms with van der Waals surface area (Å²) in [6, 6.07) is 2.28. The molecule has 114 valence electrons. The first-order valence-electron chi connectivity index (χ1n) is 6.42. The molecule has 0 saturated heterocycles. The van der Waals surface area contributed by atoms with Gasteiger partial charge in [-0.1, -0.05) is 32.4 Å². The Hall–Kier alpha value is -0.690. The predicted molar refractivity (Wildman–Crippen MR) is 78.6 cm³/mol. The van der Waals surface area contributed by atoms with Crippen molar-refractivity contribution in [2.75, 3.05) is 13.1 Å². The molecule has 0 unspecified atom stereocenters. The van der Waals surface area contributed by atoms with E-state index in [9.17, 15) is 12.8 Å². The van der Waals surface area contributed by atoms with Gasteiger partial charge >= 0.3 is 0 Å². The molecular formula is C13H20ClFN2O2S. The highest BCUT2D eigenvalue weighted by atomic mass is 35.5. The van der Waals surface area contributed by atoms with Crippen molar-refractivity contribution in [1.82, 2.24) is 4.31 Å². The third-order valence-electron chi connectivity index (χ3n) is 2.86. The molecule has 0 fully saturated rings. The maximum atomic E-state index is 13.7. The average Bonchev–Trinajstić information content (AvgIpc) is 2.38. The smallest absolute Gasteiger partial charge is 0.243 e. The van der Waals surface area contributed by atoms with Crippen molar-refractivity contribution in [1.29, 1.82) is 0 Å². The fourth-order valence-corrected chi connectivity index (χ4v) is 3.73. The first kappa shape index (κ1) is 17.4. The van der Waals surface area contributed by atoms with Gasteiger partial charge in [-0.05, 0) is 23.6 Å². The highest BCUT2D eigenvalue weighted by Gasteiger charge is 2.25. The summed E-state index contributed by atoms with van der Waals surface area (Å²) in [5.74, 6) is -0.593. The molecule has 0 bridgehead atoms. The minimum atomic E-state index is -3.74. The predicted octanol–water partition coefficient (Wildman–Crippen LogP) is 2.60. The molecule has 0 saturated carbocycles. The van der Waals surface area contributed by atoms with Crippen LogP contribution >= 0.6 is 11.6 Å². The summed E-state index contributed by atoms with van der Waals surface area (Å²) in [6.45, 7) is 6.27. The Labute approximate surface area is 124 Å². The van der Waals surface area contributed by atoms with Crippen LogP contribution in [0.25, 0.3) is 0 Å². The van der Waals surface area contributed by atoms with Crippen LogP contribution < -0.4 is 5.73 Å². The van der Waals surface area contributed by atoms with Crippen LogP contribution in [0.2, 0.25) is 5.02 Å². The van der Waals surface area contributed by atoms with Crippen LogP contribution in [0.4, 0.5) is 4.39 Å². The first-order chi connectivity index (χ1) is 9.23. The third-order valence-corrected chi connectivity index (χ3v) is 5.20. The summed E-state index contributed by atoms with van der Waals surface area (Å²) >= 11 is 5.75. The molecule has 0 heterocycles. The van der Waals surface area contributed by atoms with Crippen LogP contribution in [0.1, 0.15) is 26.3 Å². The van der Waals surface area contributed by atoms with E-state index in [0.717, 1.165) is 6.07 Å². The van der Waals surface area contributed by atoms with Crippen LogP contribution in [0.3, 0.4) is 0 Å². The molecular weight excluding hydrogens is 303 g/mol. The van der Waals surface area contributed by atoms with E-state index in [2.05, 4.69) is 0 Å². The Morgan fingerprint density at radius 3 is 2.45 bits per heavy atom. The van der Waals surface area contributed by atoms with Gasteiger partial charge < -0.3 is 5.73 Å². The van der Waals surface area contributed by atoms with Gasteiger partial charge in [0.25, 0.3) is 0 Å². The number of nitrogens with zero attached hydrogens (tertiary/aromatic N) is 1. The normalized spacial score (nSPS) is 12.4. The summed E-state index contributed by atoms with van der Waals surface area (Å²) in [5, 5.41) is -0.127. The quantitative estimate of drug-likeness (QED) is 0.875. The van der Waals surface area contributed by atoms with Gasteiger partial charge in [0.15, 0.2) is 0 Å². The zero-order valence-electron chi connectivity index (χ0n) is 11.9. The molecule has 0 aliphatic carbocycles. The Kier molecular flexibility index (Phi) is 5.94. The number of benzene rings is 1. The maximum Gasteiger partial charge on any atom is 0.243 e. The zero-order valence-corrected chi connectivity index (χ0v) is 13.4. The number of sulfonamides is 1. The lowest BCUT2D eigenvalue weighted by Gasteiger charge is -2.22. The standard InChI is InChI=1S/C13H20ClFN2O2S/c1-4-17(8-9(2)3)20(18,19)11-5-10(7-16)13(14)12(15)6-11/h5-6,9H,4,7-8,16H2,1-3H3. The van der Waals surface area contributed by atoms with E-state index in [1.807, 2.05) is 13.8 Å². The fourth-order valence-electron chi connectivity index (χ4n) is 1.87. The van der Waals surface area contributed by atoms with E-state index in [1.165, 1.54) is 10.4 Å². The van der Waals surface area contributed by atoms with E-state index in [1.54, 1.807) is 6.92 Å². The molecule has 0 amide bonds. The average molecular weight is 323 g/mol. The third kappa shape index (κ3) is 3.69. The number of hydrogen-bond donors (Lipinski definition) is 1. The lowest BCUT2D eigenvalue weighted by atomic mass is 10.2. The van der Waals surface area contributed by atoms with E-state index < -0.39 is 15.8 Å². The topological polar surface area (TPSA) is 63.4 Å². The van der Waals surface area contributed by atoms with E-state index in [4.69, 9.17) is 17.3 Å². The second-order valence-electron chi connectivity index (χ2n) is 4.93. The minimum Gasteiger partial charge on any atom is -0.326 e. The zero-order chi connectivity index (χ0) is 15.5. The van der Waals surface area contributed by atoms with Crippen LogP contribution in [0.15, 0.2) is 17.0 Å². The molecule has 0 aliphatic heterocycles. The molecule has 0 radical (unpaired) electrons. The number of rotatable bonds is 6. The van der Waals surface area contributed by atoms with Gasteiger partial charge in [0.2, 0.25) is 10.0 Å². The second kappa shape index (κ2) is 6.85. The summed E-state index contributed by atoms with van der Waals surface area (Å²) in [7, 11) is -3.74. The molecule has 7 heteroatoms. The van der Waals surface area contributed by atoms with E-state index >= 15 is 0 Å². The molecule has 4 nitrogen and oxygen atoms in total. The molecule has 1 aromatic carbocycles. The summed E-state index contributed by atoms with van der Waals surface area (Å²) in [5.41, 5.74) is 5.74. The Morgan fingerprint density at radius 1 is 1.40 bits per heavy atom. The number of hydrogen-bond acceptors (Lipinski definition) is 3. The summed E-state index contributed by atoms with van der Waals surface area (Å²) in [6.07, 6.45) is 0. The van der Waals surface area contributed by atoms with Crippen LogP contribution in [0.5, 0.6) is 0 Å². The molecule has 0 aliphatic rings. The van der Waals surface area contributed by atoms with Crippen molar-refractivity contribution in [3.8, 4) is 0 Å². The number of nitrogens with two attached hydrogens (primary N) is 1. The van der Waals surface area contributed by atoms with Crippen molar-refractivity contribution in [2.24, 2.45) is 11.7 Å². The SMILES string of the molecule is CCN(CC(C)C)S(=O)(=O)c1cc(F)c(Cl)c(CN)c1. The highest BCUT2D eigenvalue weighted by molar-refractivity contribution is 7.89. The molecule has 0 spiro atoms. The van der Waals surface area contributed by atoms with Gasteiger partial charge in [0.1, 0.15) is 5.82 Å².